The highest BCUT2D eigenvalue weighted by Crippen LogP contribution is 2.32. The fraction of sp³-hybridized carbons (Fsp3) is 0.0588. The number of benzene rings is 2. The van der Waals surface area contributed by atoms with E-state index in [0.717, 1.165) is 29.2 Å². The third-order valence-corrected chi connectivity index (χ3v) is 4.22. The summed E-state index contributed by atoms with van der Waals surface area (Å²) < 4.78 is 43.6. The summed E-state index contributed by atoms with van der Waals surface area (Å²) >= 11 is 6.04. The number of sulfonamides is 1. The van der Waals surface area contributed by atoms with Crippen LogP contribution in [0.2, 0.25) is 5.02 Å². The van der Waals surface area contributed by atoms with Gasteiger partial charge in [0.2, 0.25) is 15.9 Å². The zero-order chi connectivity index (χ0) is 18.9. The van der Waals surface area contributed by atoms with Gasteiger partial charge in [0.25, 0.3) is 5.91 Å². The number of ether oxygens (including phenoxy) is 1. The van der Waals surface area contributed by atoms with Gasteiger partial charge >= 0.3 is 0 Å². The van der Waals surface area contributed by atoms with Crippen LogP contribution in [0, 0.1) is 5.82 Å². The molecule has 1 aromatic heterocycles. The molecular formula is C17H12ClFN2O4S. The Balaban J connectivity index is 1.91. The molecule has 0 aliphatic rings. The van der Waals surface area contributed by atoms with Gasteiger partial charge in [-0.1, -0.05) is 35.9 Å². The van der Waals surface area contributed by atoms with Gasteiger partial charge in [-0.3, -0.25) is 4.79 Å². The van der Waals surface area contributed by atoms with E-state index in [1.165, 1.54) is 0 Å². The topological polar surface area (TPSA) is 85.4 Å². The molecule has 2 aromatic carbocycles. The van der Waals surface area contributed by atoms with E-state index in [1.807, 2.05) is 24.3 Å². The molecule has 0 bridgehead atoms. The van der Waals surface area contributed by atoms with Crippen LogP contribution in [-0.4, -0.2) is 25.6 Å². The number of carbonyl (C=O) groups excluding carboxylic acids is 1. The fourth-order valence-electron chi connectivity index (χ4n) is 2.24. The van der Waals surface area contributed by atoms with E-state index in [2.05, 4.69) is 4.98 Å². The number of aromatic nitrogens is 1. The van der Waals surface area contributed by atoms with Crippen LogP contribution < -0.4 is 9.46 Å². The molecule has 3 aromatic rings. The molecule has 134 valence electrons. The summed E-state index contributed by atoms with van der Waals surface area (Å²) in [4.78, 5) is 15.9. The quantitative estimate of drug-likeness (QED) is 0.731. The van der Waals surface area contributed by atoms with Crippen LogP contribution in [0.1, 0.15) is 10.4 Å². The van der Waals surface area contributed by atoms with Crippen LogP contribution in [0.5, 0.6) is 11.6 Å². The Morgan fingerprint density at radius 3 is 2.58 bits per heavy atom. The van der Waals surface area contributed by atoms with Crippen LogP contribution in [0.4, 0.5) is 4.39 Å². The van der Waals surface area contributed by atoms with E-state index in [4.69, 9.17) is 16.3 Å². The third-order valence-electron chi connectivity index (χ3n) is 3.36. The monoisotopic (exact) mass is 394 g/mol. The van der Waals surface area contributed by atoms with Crippen molar-refractivity contribution >= 4 is 38.3 Å². The largest absolute Gasteiger partial charge is 0.437 e. The Labute approximate surface area is 153 Å². The Morgan fingerprint density at radius 2 is 1.88 bits per heavy atom. The predicted octanol–water partition coefficient (Wildman–Crippen LogP) is 3.51. The molecule has 0 radical (unpaired) electrons. The summed E-state index contributed by atoms with van der Waals surface area (Å²) in [6.07, 6.45) is 2.39. The van der Waals surface area contributed by atoms with Crippen molar-refractivity contribution in [1.82, 2.24) is 9.71 Å². The van der Waals surface area contributed by atoms with E-state index < -0.39 is 27.3 Å². The Morgan fingerprint density at radius 1 is 1.19 bits per heavy atom. The Hall–Kier alpha value is -2.71. The van der Waals surface area contributed by atoms with E-state index in [1.54, 1.807) is 17.0 Å². The minimum atomic E-state index is -3.83. The first-order valence-electron chi connectivity index (χ1n) is 7.27. The second-order valence-electron chi connectivity index (χ2n) is 5.44. The minimum Gasteiger partial charge on any atom is -0.437 e. The Bertz CT molecular complexity index is 1120. The molecule has 1 amide bonds. The molecule has 0 aliphatic heterocycles. The molecule has 26 heavy (non-hydrogen) atoms. The molecule has 1 heterocycles. The maximum absolute atomic E-state index is 14.2. The van der Waals surface area contributed by atoms with E-state index >= 15 is 0 Å². The van der Waals surface area contributed by atoms with Gasteiger partial charge in [-0.15, -0.1) is 0 Å². The van der Waals surface area contributed by atoms with E-state index in [0.29, 0.717) is 0 Å². The molecular weight excluding hydrogens is 383 g/mol. The van der Waals surface area contributed by atoms with Crippen LogP contribution in [0.15, 0.2) is 48.7 Å². The van der Waals surface area contributed by atoms with Crippen molar-refractivity contribution < 1.29 is 22.3 Å². The number of hydrogen-bond acceptors (Lipinski definition) is 5. The van der Waals surface area contributed by atoms with E-state index in [9.17, 15) is 17.6 Å². The second kappa shape index (κ2) is 6.89. The lowest BCUT2D eigenvalue weighted by Crippen LogP contribution is -2.30. The highest BCUT2D eigenvalue weighted by molar-refractivity contribution is 7.89. The lowest BCUT2D eigenvalue weighted by molar-refractivity contribution is 0.0977. The molecule has 6 nitrogen and oxygen atoms in total. The zero-order valence-electron chi connectivity index (χ0n) is 13.4. The van der Waals surface area contributed by atoms with Gasteiger partial charge in [0, 0.05) is 23.7 Å². The molecule has 0 saturated heterocycles. The number of nitrogens with zero attached hydrogens (tertiary/aromatic N) is 1. The van der Waals surface area contributed by atoms with Gasteiger partial charge in [-0.25, -0.2) is 22.5 Å². The highest BCUT2D eigenvalue weighted by Gasteiger charge is 2.19. The summed E-state index contributed by atoms with van der Waals surface area (Å²) in [6, 6.07) is 11.0. The van der Waals surface area contributed by atoms with Crippen LogP contribution in [-0.2, 0) is 10.0 Å². The smallest absolute Gasteiger partial charge is 0.267 e. The molecule has 0 aliphatic carbocycles. The number of fused-ring (bicyclic) bond motifs is 1. The summed E-state index contributed by atoms with van der Waals surface area (Å²) in [5.74, 6) is -1.96. The third kappa shape index (κ3) is 4.09. The van der Waals surface area contributed by atoms with Gasteiger partial charge in [0.05, 0.1) is 16.8 Å². The summed E-state index contributed by atoms with van der Waals surface area (Å²) in [5.41, 5.74) is -0.515. The highest BCUT2D eigenvalue weighted by atomic mass is 35.5. The second-order valence-corrected chi connectivity index (χ2v) is 7.59. The van der Waals surface area contributed by atoms with Crippen molar-refractivity contribution in [1.29, 1.82) is 0 Å². The first kappa shape index (κ1) is 18.1. The number of hydrogen-bond donors (Lipinski definition) is 1. The molecule has 0 fully saturated rings. The number of carbonyl (C=O) groups is 1. The maximum atomic E-state index is 14.2. The van der Waals surface area contributed by atoms with Crippen molar-refractivity contribution in [3.8, 4) is 11.6 Å². The molecule has 1 N–H and O–H groups in total. The normalized spacial score (nSPS) is 11.3. The summed E-state index contributed by atoms with van der Waals surface area (Å²) in [6.45, 7) is 0. The lowest BCUT2D eigenvalue weighted by atomic mass is 10.2. The first-order chi connectivity index (χ1) is 12.2. The van der Waals surface area contributed by atoms with Gasteiger partial charge in [0.1, 0.15) is 5.82 Å². The van der Waals surface area contributed by atoms with Crippen molar-refractivity contribution in [3.05, 3.63) is 65.1 Å². The van der Waals surface area contributed by atoms with E-state index in [-0.39, 0.29) is 16.7 Å². The molecule has 3 rings (SSSR count). The fourth-order valence-corrected chi connectivity index (χ4v) is 2.88. The van der Waals surface area contributed by atoms with Crippen LogP contribution in [0.3, 0.4) is 0 Å². The van der Waals surface area contributed by atoms with Gasteiger partial charge < -0.3 is 4.74 Å². The number of halogens is 2. The average molecular weight is 395 g/mol. The van der Waals surface area contributed by atoms with Gasteiger partial charge in [-0.2, -0.15) is 0 Å². The van der Waals surface area contributed by atoms with Crippen molar-refractivity contribution in [3.63, 3.8) is 0 Å². The predicted molar refractivity (Wildman–Crippen MR) is 95.5 cm³/mol. The summed E-state index contributed by atoms with van der Waals surface area (Å²) in [5, 5.41) is 1.71. The molecule has 0 atom stereocenters. The SMILES string of the molecule is CS(=O)(=O)NC(=O)c1cc(Cl)c(Oc2cc3ccccc3cn2)cc1F. The number of rotatable bonds is 4. The van der Waals surface area contributed by atoms with Crippen molar-refractivity contribution in [2.45, 2.75) is 0 Å². The van der Waals surface area contributed by atoms with Crippen molar-refractivity contribution in [2.75, 3.05) is 6.26 Å². The zero-order valence-corrected chi connectivity index (χ0v) is 14.9. The molecule has 0 saturated carbocycles. The lowest BCUT2D eigenvalue weighted by Gasteiger charge is -2.10. The standard InChI is InChI=1S/C17H12ClFN2O4S/c1-26(23,24)21-17(22)12-7-13(18)15(8-14(12)19)25-16-6-10-4-2-3-5-11(10)9-20-16/h2-9H,1H3,(H,21,22). The molecule has 0 unspecified atom stereocenters. The molecule has 9 heteroatoms. The van der Waals surface area contributed by atoms with Gasteiger partial charge in [-0.05, 0) is 11.5 Å². The summed E-state index contributed by atoms with van der Waals surface area (Å²) in [7, 11) is -3.83. The molecule has 0 spiro atoms. The number of nitrogens with one attached hydrogen (secondary N) is 1. The number of pyridine rings is 1. The first-order valence-corrected chi connectivity index (χ1v) is 9.54. The van der Waals surface area contributed by atoms with Crippen LogP contribution >= 0.6 is 11.6 Å². The Kier molecular flexibility index (Phi) is 4.80. The minimum absolute atomic E-state index is 0.0529. The average Bonchev–Trinajstić information content (AvgIpc) is 2.56. The number of amides is 1. The maximum Gasteiger partial charge on any atom is 0.267 e. The van der Waals surface area contributed by atoms with Crippen LogP contribution in [0.25, 0.3) is 10.8 Å². The van der Waals surface area contributed by atoms with Crippen molar-refractivity contribution in [2.24, 2.45) is 0 Å². The van der Waals surface area contributed by atoms with Gasteiger partial charge in [0.15, 0.2) is 5.75 Å².